The molecule has 0 fully saturated rings. The Kier molecular flexibility index (Phi) is 2.62. The van der Waals surface area contributed by atoms with Crippen molar-refractivity contribution in [2.24, 2.45) is 7.05 Å². The highest BCUT2D eigenvalue weighted by molar-refractivity contribution is 5.32. The zero-order valence-electron chi connectivity index (χ0n) is 8.81. The van der Waals surface area contributed by atoms with Crippen molar-refractivity contribution in [2.75, 3.05) is 12.4 Å². The molecular weight excluding hydrogens is 190 g/mol. The van der Waals surface area contributed by atoms with Crippen molar-refractivity contribution >= 4 is 5.82 Å². The SMILES string of the molecule is CNc1ccc(Cc2nccn2C)nn1. The van der Waals surface area contributed by atoms with E-state index in [1.54, 1.807) is 6.20 Å². The molecule has 0 amide bonds. The summed E-state index contributed by atoms with van der Waals surface area (Å²) in [6.07, 6.45) is 4.41. The number of imidazole rings is 1. The molecule has 2 heterocycles. The van der Waals surface area contributed by atoms with Gasteiger partial charge in [0.05, 0.1) is 12.1 Å². The molecular formula is C10H13N5. The Morgan fingerprint density at radius 2 is 2.20 bits per heavy atom. The summed E-state index contributed by atoms with van der Waals surface area (Å²) in [5.74, 6) is 1.76. The topological polar surface area (TPSA) is 55.6 Å². The van der Waals surface area contributed by atoms with Crippen LogP contribution >= 0.6 is 0 Å². The first-order valence-electron chi connectivity index (χ1n) is 4.76. The molecule has 0 bridgehead atoms. The van der Waals surface area contributed by atoms with E-state index in [1.165, 1.54) is 0 Å². The lowest BCUT2D eigenvalue weighted by atomic mass is 10.3. The first-order valence-corrected chi connectivity index (χ1v) is 4.76. The van der Waals surface area contributed by atoms with Gasteiger partial charge < -0.3 is 9.88 Å². The molecule has 0 saturated heterocycles. The summed E-state index contributed by atoms with van der Waals surface area (Å²) in [6, 6.07) is 3.86. The van der Waals surface area contributed by atoms with Crippen molar-refractivity contribution in [2.45, 2.75) is 6.42 Å². The molecule has 2 rings (SSSR count). The summed E-state index contributed by atoms with van der Waals surface area (Å²) in [5.41, 5.74) is 0.920. The average molecular weight is 203 g/mol. The van der Waals surface area contributed by atoms with Crippen molar-refractivity contribution in [3.63, 3.8) is 0 Å². The van der Waals surface area contributed by atoms with Gasteiger partial charge in [-0.05, 0) is 12.1 Å². The molecule has 0 atom stereocenters. The van der Waals surface area contributed by atoms with E-state index in [-0.39, 0.29) is 0 Å². The predicted molar refractivity (Wildman–Crippen MR) is 57.6 cm³/mol. The Bertz CT molecular complexity index is 431. The Labute approximate surface area is 88.2 Å². The fourth-order valence-corrected chi connectivity index (χ4v) is 1.32. The molecule has 0 aliphatic carbocycles. The Morgan fingerprint density at radius 3 is 2.73 bits per heavy atom. The summed E-state index contributed by atoms with van der Waals surface area (Å²) in [4.78, 5) is 4.23. The van der Waals surface area contributed by atoms with Crippen molar-refractivity contribution in [3.8, 4) is 0 Å². The molecule has 1 N–H and O–H groups in total. The number of nitrogens with zero attached hydrogens (tertiary/aromatic N) is 4. The van der Waals surface area contributed by atoms with Gasteiger partial charge in [0.2, 0.25) is 0 Å². The van der Waals surface area contributed by atoms with E-state index < -0.39 is 0 Å². The molecule has 15 heavy (non-hydrogen) atoms. The van der Waals surface area contributed by atoms with Gasteiger partial charge in [0.25, 0.3) is 0 Å². The number of hydrogen-bond donors (Lipinski definition) is 1. The van der Waals surface area contributed by atoms with Gasteiger partial charge in [-0.15, -0.1) is 5.10 Å². The first kappa shape index (κ1) is 9.64. The third-order valence-corrected chi connectivity index (χ3v) is 2.24. The van der Waals surface area contributed by atoms with E-state index in [4.69, 9.17) is 0 Å². The minimum absolute atomic E-state index is 0.709. The number of aromatic nitrogens is 4. The normalized spacial score (nSPS) is 10.3. The quantitative estimate of drug-likeness (QED) is 0.803. The smallest absolute Gasteiger partial charge is 0.148 e. The first-order chi connectivity index (χ1) is 7.29. The molecule has 0 radical (unpaired) electrons. The number of nitrogens with one attached hydrogen (secondary N) is 1. The fraction of sp³-hybridized carbons (Fsp3) is 0.300. The van der Waals surface area contributed by atoms with Gasteiger partial charge in [0.15, 0.2) is 0 Å². The van der Waals surface area contributed by atoms with Crippen molar-refractivity contribution in [1.82, 2.24) is 19.7 Å². The molecule has 0 unspecified atom stereocenters. The van der Waals surface area contributed by atoms with Crippen LogP contribution < -0.4 is 5.32 Å². The van der Waals surface area contributed by atoms with Crippen LogP contribution in [0.25, 0.3) is 0 Å². The lowest BCUT2D eigenvalue weighted by Crippen LogP contribution is -2.02. The number of rotatable bonds is 3. The Balaban J connectivity index is 2.14. The van der Waals surface area contributed by atoms with Crippen LogP contribution in [0, 0.1) is 0 Å². The van der Waals surface area contributed by atoms with Crippen LogP contribution in [0.1, 0.15) is 11.5 Å². The van der Waals surface area contributed by atoms with E-state index >= 15 is 0 Å². The molecule has 5 heteroatoms. The van der Waals surface area contributed by atoms with Crippen molar-refractivity contribution in [3.05, 3.63) is 36.0 Å². The van der Waals surface area contributed by atoms with Gasteiger partial charge in [-0.2, -0.15) is 5.10 Å². The number of aryl methyl sites for hydroxylation is 1. The highest BCUT2D eigenvalue weighted by Gasteiger charge is 2.02. The van der Waals surface area contributed by atoms with Crippen molar-refractivity contribution < 1.29 is 0 Å². The maximum Gasteiger partial charge on any atom is 0.148 e. The summed E-state index contributed by atoms with van der Waals surface area (Å²) < 4.78 is 1.98. The molecule has 2 aromatic heterocycles. The van der Waals surface area contributed by atoms with Gasteiger partial charge in [-0.1, -0.05) is 0 Å². The molecule has 2 aromatic rings. The number of anilines is 1. The summed E-state index contributed by atoms with van der Waals surface area (Å²) >= 11 is 0. The van der Waals surface area contributed by atoms with Crippen molar-refractivity contribution in [1.29, 1.82) is 0 Å². The largest absolute Gasteiger partial charge is 0.372 e. The molecule has 78 valence electrons. The fourth-order valence-electron chi connectivity index (χ4n) is 1.32. The van der Waals surface area contributed by atoms with E-state index in [9.17, 15) is 0 Å². The van der Waals surface area contributed by atoms with Crippen LogP contribution in [-0.4, -0.2) is 26.8 Å². The molecule has 5 nitrogen and oxygen atoms in total. The maximum absolute atomic E-state index is 4.23. The van der Waals surface area contributed by atoms with Crippen LogP contribution in [0.4, 0.5) is 5.82 Å². The zero-order chi connectivity index (χ0) is 10.7. The van der Waals surface area contributed by atoms with Gasteiger partial charge in [0.1, 0.15) is 11.6 Å². The highest BCUT2D eigenvalue weighted by Crippen LogP contribution is 2.05. The van der Waals surface area contributed by atoms with Gasteiger partial charge >= 0.3 is 0 Å². The lowest BCUT2D eigenvalue weighted by molar-refractivity contribution is 0.799. The second-order valence-corrected chi connectivity index (χ2v) is 3.29. The van der Waals surface area contributed by atoms with E-state index in [0.717, 1.165) is 17.3 Å². The van der Waals surface area contributed by atoms with E-state index in [2.05, 4.69) is 20.5 Å². The molecule has 0 aliphatic rings. The Morgan fingerprint density at radius 1 is 1.33 bits per heavy atom. The van der Waals surface area contributed by atoms with Gasteiger partial charge in [-0.25, -0.2) is 4.98 Å². The molecule has 0 aromatic carbocycles. The number of hydrogen-bond acceptors (Lipinski definition) is 4. The minimum Gasteiger partial charge on any atom is -0.372 e. The molecule has 0 aliphatic heterocycles. The average Bonchev–Trinajstić information content (AvgIpc) is 2.66. The van der Waals surface area contributed by atoms with Crippen LogP contribution in [-0.2, 0) is 13.5 Å². The minimum atomic E-state index is 0.709. The summed E-state index contributed by atoms with van der Waals surface area (Å²) in [7, 11) is 3.79. The lowest BCUT2D eigenvalue weighted by Gasteiger charge is -2.01. The summed E-state index contributed by atoms with van der Waals surface area (Å²) in [5, 5.41) is 11.0. The zero-order valence-corrected chi connectivity index (χ0v) is 8.81. The monoisotopic (exact) mass is 203 g/mol. The standard InChI is InChI=1S/C10H13N5/c1-11-9-4-3-8(13-14-9)7-10-12-5-6-15(10)2/h3-6H,7H2,1-2H3,(H,11,14). The molecule has 0 spiro atoms. The van der Waals surface area contributed by atoms with Gasteiger partial charge in [-0.3, -0.25) is 0 Å². The highest BCUT2D eigenvalue weighted by atomic mass is 15.2. The third kappa shape index (κ3) is 2.12. The molecule has 0 saturated carbocycles. The van der Waals surface area contributed by atoms with Gasteiger partial charge in [0, 0.05) is 26.5 Å². The van der Waals surface area contributed by atoms with Crippen LogP contribution in [0.5, 0.6) is 0 Å². The van der Waals surface area contributed by atoms with Crippen LogP contribution in [0.3, 0.4) is 0 Å². The summed E-state index contributed by atoms with van der Waals surface area (Å²) in [6.45, 7) is 0. The van der Waals surface area contributed by atoms with E-state index in [1.807, 2.05) is 37.0 Å². The van der Waals surface area contributed by atoms with Crippen LogP contribution in [0.15, 0.2) is 24.5 Å². The van der Waals surface area contributed by atoms with Crippen LogP contribution in [0.2, 0.25) is 0 Å². The second-order valence-electron chi connectivity index (χ2n) is 3.29. The predicted octanol–water partition coefficient (Wildman–Crippen LogP) is 0.843. The second kappa shape index (κ2) is 4.08. The third-order valence-electron chi connectivity index (χ3n) is 2.24. The maximum atomic E-state index is 4.23. The van der Waals surface area contributed by atoms with E-state index in [0.29, 0.717) is 6.42 Å². The Hall–Kier alpha value is -1.91.